The Bertz CT molecular complexity index is 447. The minimum absolute atomic E-state index is 0.111. The van der Waals surface area contributed by atoms with E-state index in [0.29, 0.717) is 17.9 Å². The van der Waals surface area contributed by atoms with Gasteiger partial charge in [-0.2, -0.15) is 0 Å². The van der Waals surface area contributed by atoms with E-state index in [1.807, 2.05) is 0 Å². The summed E-state index contributed by atoms with van der Waals surface area (Å²) in [7, 11) is 0. The van der Waals surface area contributed by atoms with Gasteiger partial charge in [0.2, 0.25) is 0 Å². The molecule has 6 atom stereocenters. The lowest BCUT2D eigenvalue weighted by atomic mass is 9.69. The average Bonchev–Trinajstić information content (AvgIpc) is 2.74. The molecule has 2 aliphatic heterocycles. The summed E-state index contributed by atoms with van der Waals surface area (Å²) in [5.74, 6) is 2.29. The smallest absolute Gasteiger partial charge is 0.141 e. The molecule has 2 saturated heterocycles. The van der Waals surface area contributed by atoms with E-state index in [0.717, 1.165) is 18.9 Å². The van der Waals surface area contributed by atoms with Crippen molar-refractivity contribution in [3.05, 3.63) is 0 Å². The van der Waals surface area contributed by atoms with Gasteiger partial charge in [0.15, 0.2) is 0 Å². The van der Waals surface area contributed by atoms with Gasteiger partial charge in [0, 0.05) is 23.9 Å². The van der Waals surface area contributed by atoms with Crippen LogP contribution in [0.3, 0.4) is 0 Å². The number of fused-ring (bicyclic) bond motifs is 2. The zero-order chi connectivity index (χ0) is 17.2. The van der Waals surface area contributed by atoms with Crippen molar-refractivity contribution in [3.8, 4) is 0 Å². The van der Waals surface area contributed by atoms with Crippen molar-refractivity contribution in [3.63, 3.8) is 0 Å². The predicted molar refractivity (Wildman–Crippen MR) is 94.1 cm³/mol. The maximum absolute atomic E-state index is 11.7. The van der Waals surface area contributed by atoms with Gasteiger partial charge >= 0.3 is 0 Å². The van der Waals surface area contributed by atoms with Crippen LogP contribution in [0.4, 0.5) is 0 Å². The second kappa shape index (κ2) is 5.71. The molecule has 0 aromatic heterocycles. The number of aliphatic hydroxyl groups is 1. The molecule has 3 aliphatic rings. The van der Waals surface area contributed by atoms with Crippen LogP contribution in [0.15, 0.2) is 0 Å². The summed E-state index contributed by atoms with van der Waals surface area (Å²) < 4.78 is 6.65. The molecule has 0 aromatic carbocycles. The number of hydrogen-bond acceptors (Lipinski definition) is 3. The van der Waals surface area contributed by atoms with E-state index in [-0.39, 0.29) is 23.6 Å². The molecule has 134 valence electrons. The lowest BCUT2D eigenvalue weighted by Crippen LogP contribution is -2.67. The SMILES string of the molecule is CC(C)[C@@H]1CN2[C@@H](OC3C[C@H](C)CCC3C2(C)C)[C@@]1(O)C(C)C. The summed E-state index contributed by atoms with van der Waals surface area (Å²) >= 11 is 0. The molecular weight excluding hydrogens is 286 g/mol. The van der Waals surface area contributed by atoms with Gasteiger partial charge in [0.1, 0.15) is 11.8 Å². The van der Waals surface area contributed by atoms with E-state index < -0.39 is 5.60 Å². The fourth-order valence-corrected chi connectivity index (χ4v) is 5.73. The summed E-state index contributed by atoms with van der Waals surface area (Å²) in [6.07, 6.45) is 3.89. The van der Waals surface area contributed by atoms with Gasteiger partial charge in [-0.25, -0.2) is 0 Å². The highest BCUT2D eigenvalue weighted by atomic mass is 16.5. The zero-order valence-corrected chi connectivity index (χ0v) is 16.2. The van der Waals surface area contributed by atoms with E-state index in [2.05, 4.69) is 53.4 Å². The van der Waals surface area contributed by atoms with Crippen LogP contribution < -0.4 is 0 Å². The third-order valence-electron chi connectivity index (χ3n) is 7.40. The lowest BCUT2D eigenvalue weighted by molar-refractivity contribution is -0.269. The van der Waals surface area contributed by atoms with Crippen LogP contribution in [0.25, 0.3) is 0 Å². The van der Waals surface area contributed by atoms with Gasteiger partial charge < -0.3 is 9.84 Å². The Hall–Kier alpha value is -0.120. The Labute approximate surface area is 142 Å². The van der Waals surface area contributed by atoms with Gasteiger partial charge in [-0.15, -0.1) is 0 Å². The van der Waals surface area contributed by atoms with Crippen LogP contribution in [-0.2, 0) is 4.74 Å². The summed E-state index contributed by atoms with van der Waals surface area (Å²) in [5, 5.41) is 11.7. The van der Waals surface area contributed by atoms with Gasteiger partial charge in [-0.1, -0.05) is 41.0 Å². The minimum atomic E-state index is -0.739. The fraction of sp³-hybridized carbons (Fsp3) is 1.00. The topological polar surface area (TPSA) is 32.7 Å². The highest BCUT2D eigenvalue weighted by Crippen LogP contribution is 2.54. The molecule has 0 spiro atoms. The quantitative estimate of drug-likeness (QED) is 0.836. The molecule has 3 rings (SSSR count). The maximum atomic E-state index is 11.7. The van der Waals surface area contributed by atoms with Crippen LogP contribution in [-0.4, -0.2) is 40.0 Å². The molecule has 3 heteroatoms. The number of rotatable bonds is 2. The summed E-state index contributed by atoms with van der Waals surface area (Å²) in [6.45, 7) is 16.9. The van der Waals surface area contributed by atoms with E-state index >= 15 is 0 Å². The molecule has 1 aliphatic carbocycles. The van der Waals surface area contributed by atoms with E-state index in [1.165, 1.54) is 12.8 Å². The molecule has 0 aromatic rings. The molecular formula is C20H37NO2. The first-order chi connectivity index (χ1) is 10.6. The standard InChI is InChI=1S/C20H37NO2/c1-12(2)16-11-21-18(20(16,22)13(3)4)23-17-10-14(5)8-9-15(17)19(21,6)7/h12-18,22H,8-11H2,1-7H3/t14-,15?,16+,17?,18+,20-/m1/s1. The first kappa shape index (κ1) is 17.7. The van der Waals surface area contributed by atoms with Crippen LogP contribution in [0.5, 0.6) is 0 Å². The average molecular weight is 324 g/mol. The first-order valence-electron chi connectivity index (χ1n) is 9.74. The van der Waals surface area contributed by atoms with E-state index in [1.54, 1.807) is 0 Å². The third kappa shape index (κ3) is 2.49. The second-order valence-corrected chi connectivity index (χ2v) is 9.75. The molecule has 2 heterocycles. The van der Waals surface area contributed by atoms with Crippen molar-refractivity contribution >= 4 is 0 Å². The molecule has 0 radical (unpaired) electrons. The molecule has 3 fully saturated rings. The number of hydrogen-bond donors (Lipinski definition) is 1. The Morgan fingerprint density at radius 3 is 2.35 bits per heavy atom. The summed E-state index contributed by atoms with van der Waals surface area (Å²) in [5.41, 5.74) is -0.628. The fourth-order valence-electron chi connectivity index (χ4n) is 5.73. The van der Waals surface area contributed by atoms with Crippen LogP contribution in [0.2, 0.25) is 0 Å². The van der Waals surface area contributed by atoms with Gasteiger partial charge in [0.05, 0.1) is 6.10 Å². The Morgan fingerprint density at radius 2 is 1.78 bits per heavy atom. The largest absolute Gasteiger partial charge is 0.385 e. The van der Waals surface area contributed by atoms with Crippen molar-refractivity contribution in [2.24, 2.45) is 29.6 Å². The van der Waals surface area contributed by atoms with Crippen molar-refractivity contribution in [1.29, 1.82) is 0 Å². The first-order valence-corrected chi connectivity index (χ1v) is 9.74. The normalized spacial score (nSPS) is 47.0. The van der Waals surface area contributed by atoms with Gasteiger partial charge in [-0.3, -0.25) is 4.90 Å². The summed E-state index contributed by atoms with van der Waals surface area (Å²) in [6, 6.07) is 0. The molecule has 1 saturated carbocycles. The second-order valence-electron chi connectivity index (χ2n) is 9.75. The number of nitrogens with zero attached hydrogens (tertiary/aromatic N) is 1. The monoisotopic (exact) mass is 323 g/mol. The van der Waals surface area contributed by atoms with Crippen LogP contribution in [0.1, 0.15) is 67.7 Å². The molecule has 0 amide bonds. The van der Waals surface area contributed by atoms with Crippen molar-refractivity contribution in [2.45, 2.75) is 91.2 Å². The third-order valence-corrected chi connectivity index (χ3v) is 7.40. The molecule has 3 nitrogen and oxygen atoms in total. The van der Waals surface area contributed by atoms with Crippen LogP contribution in [0, 0.1) is 29.6 Å². The lowest BCUT2D eigenvalue weighted by Gasteiger charge is -2.57. The summed E-state index contributed by atoms with van der Waals surface area (Å²) in [4.78, 5) is 2.51. The van der Waals surface area contributed by atoms with Crippen molar-refractivity contribution in [2.75, 3.05) is 6.54 Å². The van der Waals surface area contributed by atoms with Gasteiger partial charge in [-0.05, 0) is 44.4 Å². The molecule has 0 bridgehead atoms. The van der Waals surface area contributed by atoms with E-state index in [4.69, 9.17) is 4.74 Å². The zero-order valence-electron chi connectivity index (χ0n) is 16.2. The van der Waals surface area contributed by atoms with Crippen molar-refractivity contribution < 1.29 is 9.84 Å². The predicted octanol–water partition coefficient (Wildman–Crippen LogP) is 3.90. The molecule has 1 N–H and O–H groups in total. The number of ether oxygens (including phenoxy) is 1. The highest BCUT2D eigenvalue weighted by molar-refractivity contribution is 5.12. The Morgan fingerprint density at radius 1 is 1.13 bits per heavy atom. The Kier molecular flexibility index (Phi) is 4.39. The maximum Gasteiger partial charge on any atom is 0.141 e. The highest BCUT2D eigenvalue weighted by Gasteiger charge is 2.64. The minimum Gasteiger partial charge on any atom is -0.385 e. The van der Waals surface area contributed by atoms with Gasteiger partial charge in [0.25, 0.3) is 0 Å². The molecule has 23 heavy (non-hydrogen) atoms. The molecule has 2 unspecified atom stereocenters. The van der Waals surface area contributed by atoms with Crippen LogP contribution >= 0.6 is 0 Å². The van der Waals surface area contributed by atoms with E-state index in [9.17, 15) is 5.11 Å². The van der Waals surface area contributed by atoms with Crippen molar-refractivity contribution in [1.82, 2.24) is 4.90 Å². The Balaban J connectivity index is 1.98.